The molecule has 28 heavy (non-hydrogen) atoms. The second-order valence-electron chi connectivity index (χ2n) is 5.35. The van der Waals surface area contributed by atoms with Gasteiger partial charge in [-0.15, -0.1) is 11.8 Å². The average Bonchev–Trinajstić information content (AvgIpc) is 3.05. The number of carbonyl (C=O) groups is 1. The van der Waals surface area contributed by atoms with Crippen LogP contribution in [0.15, 0.2) is 46.8 Å². The number of hydrogen-bond acceptors (Lipinski definition) is 5. The molecule has 2 aromatic heterocycles. The first-order valence-electron chi connectivity index (χ1n) is 7.61. The molecule has 4 nitrogen and oxygen atoms in total. The molecule has 0 bridgehead atoms. The van der Waals surface area contributed by atoms with Crippen molar-refractivity contribution in [3.05, 3.63) is 71.2 Å². The topological polar surface area (TPSA) is 54.9 Å². The minimum atomic E-state index is -4.76. The van der Waals surface area contributed by atoms with E-state index in [0.717, 1.165) is 12.1 Å². The van der Waals surface area contributed by atoms with Gasteiger partial charge in [0.1, 0.15) is 17.3 Å². The second kappa shape index (κ2) is 8.23. The molecule has 0 aliphatic rings. The van der Waals surface area contributed by atoms with Gasteiger partial charge in [0, 0.05) is 18.0 Å². The predicted octanol–water partition coefficient (Wildman–Crippen LogP) is 5.38. The summed E-state index contributed by atoms with van der Waals surface area (Å²) in [4.78, 5) is 19.3. The van der Waals surface area contributed by atoms with Crippen molar-refractivity contribution in [2.75, 3.05) is 5.32 Å². The normalized spacial score (nSPS) is 11.5. The summed E-state index contributed by atoms with van der Waals surface area (Å²) in [7, 11) is 0. The standard InChI is InChI=1S/C17H10F5N3OS2/c18-10-5-4-9(11(19)7-10)8-27-15-13(17(20,21)22)24-16(28-15)25-14(26)12-3-1-2-6-23-12/h1-7H,8H2,(H,24,25,26). The summed E-state index contributed by atoms with van der Waals surface area (Å²) < 4.78 is 66.2. The monoisotopic (exact) mass is 431 g/mol. The highest BCUT2D eigenvalue weighted by Crippen LogP contribution is 2.42. The molecule has 0 fully saturated rings. The average molecular weight is 431 g/mol. The van der Waals surface area contributed by atoms with Gasteiger partial charge < -0.3 is 0 Å². The van der Waals surface area contributed by atoms with E-state index in [-0.39, 0.29) is 26.4 Å². The number of amides is 1. The SMILES string of the molecule is O=C(Nc1nc(C(F)(F)F)c(SCc2ccc(F)cc2F)s1)c1ccccn1. The van der Waals surface area contributed by atoms with Crippen LogP contribution in [0, 0.1) is 11.6 Å². The molecule has 0 aliphatic heterocycles. The molecule has 0 spiro atoms. The Hall–Kier alpha value is -2.53. The van der Waals surface area contributed by atoms with Crippen molar-refractivity contribution in [2.45, 2.75) is 16.1 Å². The second-order valence-corrected chi connectivity index (χ2v) is 7.59. The lowest BCUT2D eigenvalue weighted by atomic mass is 10.2. The first-order valence-corrected chi connectivity index (χ1v) is 9.41. The van der Waals surface area contributed by atoms with Crippen LogP contribution in [0.1, 0.15) is 21.7 Å². The predicted molar refractivity (Wildman–Crippen MR) is 95.2 cm³/mol. The number of thioether (sulfide) groups is 1. The van der Waals surface area contributed by atoms with Crippen LogP contribution in [0.25, 0.3) is 0 Å². The molecule has 1 N–H and O–H groups in total. The lowest BCUT2D eigenvalue weighted by Crippen LogP contribution is -2.14. The summed E-state index contributed by atoms with van der Waals surface area (Å²) in [5.74, 6) is -2.50. The Bertz CT molecular complexity index is 992. The molecule has 0 unspecified atom stereocenters. The third kappa shape index (κ3) is 4.84. The summed E-state index contributed by atoms with van der Waals surface area (Å²) in [6.07, 6.45) is -3.38. The number of nitrogens with zero attached hydrogens (tertiary/aromatic N) is 2. The molecule has 146 valence electrons. The maximum absolute atomic E-state index is 13.7. The van der Waals surface area contributed by atoms with E-state index < -0.39 is 29.4 Å². The number of carbonyl (C=O) groups excluding carboxylic acids is 1. The number of aromatic nitrogens is 2. The lowest BCUT2D eigenvalue weighted by molar-refractivity contribution is -0.142. The van der Waals surface area contributed by atoms with Crippen LogP contribution in [-0.2, 0) is 11.9 Å². The van der Waals surface area contributed by atoms with Gasteiger partial charge in [-0.1, -0.05) is 23.5 Å². The van der Waals surface area contributed by atoms with Gasteiger partial charge in [0.25, 0.3) is 5.91 Å². The Balaban J connectivity index is 1.81. The van der Waals surface area contributed by atoms with Crippen LogP contribution in [0.5, 0.6) is 0 Å². The van der Waals surface area contributed by atoms with Crippen molar-refractivity contribution in [3.63, 3.8) is 0 Å². The zero-order valence-corrected chi connectivity index (χ0v) is 15.4. The Kier molecular flexibility index (Phi) is 5.94. The summed E-state index contributed by atoms with van der Waals surface area (Å²) in [6.45, 7) is 0. The summed E-state index contributed by atoms with van der Waals surface area (Å²) in [5, 5.41) is 2.02. The quantitative estimate of drug-likeness (QED) is 0.435. The first-order chi connectivity index (χ1) is 13.2. The fraction of sp³-hybridized carbons (Fsp3) is 0.118. The number of pyridine rings is 1. The zero-order chi connectivity index (χ0) is 20.3. The minimum absolute atomic E-state index is 0.0221. The van der Waals surface area contributed by atoms with Gasteiger partial charge in [-0.2, -0.15) is 13.2 Å². The number of rotatable bonds is 5. The molecule has 2 heterocycles. The van der Waals surface area contributed by atoms with Crippen molar-refractivity contribution in [2.24, 2.45) is 0 Å². The Morgan fingerprint density at radius 3 is 2.61 bits per heavy atom. The van der Waals surface area contributed by atoms with Crippen LogP contribution >= 0.6 is 23.1 Å². The van der Waals surface area contributed by atoms with Gasteiger partial charge in [-0.3, -0.25) is 15.1 Å². The van der Waals surface area contributed by atoms with Crippen LogP contribution in [0.3, 0.4) is 0 Å². The van der Waals surface area contributed by atoms with Gasteiger partial charge in [-0.25, -0.2) is 13.8 Å². The van der Waals surface area contributed by atoms with E-state index in [1.165, 1.54) is 12.3 Å². The van der Waals surface area contributed by atoms with Gasteiger partial charge in [0.15, 0.2) is 10.8 Å². The molecule has 3 aromatic rings. The molecule has 1 amide bonds. The summed E-state index contributed by atoms with van der Waals surface area (Å²) in [5.41, 5.74) is -1.11. The van der Waals surface area contributed by atoms with Crippen molar-refractivity contribution in [1.29, 1.82) is 0 Å². The Morgan fingerprint density at radius 1 is 1.18 bits per heavy atom. The van der Waals surface area contributed by atoms with E-state index in [1.807, 2.05) is 0 Å². The summed E-state index contributed by atoms with van der Waals surface area (Å²) >= 11 is 1.31. The first kappa shape index (κ1) is 20.2. The number of halogens is 5. The maximum atomic E-state index is 13.7. The zero-order valence-electron chi connectivity index (χ0n) is 13.8. The van der Waals surface area contributed by atoms with Gasteiger partial charge in [0.05, 0.1) is 4.21 Å². The van der Waals surface area contributed by atoms with Crippen molar-refractivity contribution in [1.82, 2.24) is 9.97 Å². The number of hydrogen-bond donors (Lipinski definition) is 1. The number of anilines is 1. The van der Waals surface area contributed by atoms with E-state index >= 15 is 0 Å². The van der Waals surface area contributed by atoms with E-state index in [2.05, 4.69) is 15.3 Å². The lowest BCUT2D eigenvalue weighted by Gasteiger charge is -2.06. The van der Waals surface area contributed by atoms with E-state index in [0.29, 0.717) is 29.2 Å². The van der Waals surface area contributed by atoms with Gasteiger partial charge >= 0.3 is 6.18 Å². The smallest absolute Gasteiger partial charge is 0.296 e. The van der Waals surface area contributed by atoms with Crippen LogP contribution in [0.2, 0.25) is 0 Å². The number of alkyl halides is 3. The molecule has 0 aliphatic carbocycles. The molecule has 0 atom stereocenters. The number of nitrogens with one attached hydrogen (secondary N) is 1. The van der Waals surface area contributed by atoms with Crippen LogP contribution < -0.4 is 5.32 Å². The fourth-order valence-electron chi connectivity index (χ4n) is 2.08. The number of thiazole rings is 1. The van der Waals surface area contributed by atoms with Crippen molar-refractivity contribution < 1.29 is 26.7 Å². The maximum Gasteiger partial charge on any atom is 0.435 e. The fourth-order valence-corrected chi connectivity index (χ4v) is 4.26. The van der Waals surface area contributed by atoms with E-state index in [1.54, 1.807) is 12.1 Å². The Morgan fingerprint density at radius 2 is 1.96 bits per heavy atom. The van der Waals surface area contributed by atoms with Gasteiger partial charge in [-0.05, 0) is 23.8 Å². The highest BCUT2D eigenvalue weighted by molar-refractivity contribution is 8.00. The van der Waals surface area contributed by atoms with Crippen LogP contribution in [0.4, 0.5) is 27.1 Å². The van der Waals surface area contributed by atoms with Crippen LogP contribution in [-0.4, -0.2) is 15.9 Å². The third-order valence-corrected chi connectivity index (χ3v) is 5.64. The van der Waals surface area contributed by atoms with E-state index in [4.69, 9.17) is 0 Å². The molecule has 0 saturated heterocycles. The molecule has 1 aromatic carbocycles. The highest BCUT2D eigenvalue weighted by Gasteiger charge is 2.38. The largest absolute Gasteiger partial charge is 0.435 e. The summed E-state index contributed by atoms with van der Waals surface area (Å²) in [6, 6.07) is 7.39. The minimum Gasteiger partial charge on any atom is -0.296 e. The molecule has 0 radical (unpaired) electrons. The molecule has 0 saturated carbocycles. The molecule has 11 heteroatoms. The third-order valence-electron chi connectivity index (χ3n) is 3.36. The molecular formula is C17H10F5N3OS2. The highest BCUT2D eigenvalue weighted by atomic mass is 32.2. The number of benzene rings is 1. The Labute approximate surface area is 163 Å². The van der Waals surface area contributed by atoms with Gasteiger partial charge in [0.2, 0.25) is 0 Å². The van der Waals surface area contributed by atoms with Crippen molar-refractivity contribution in [3.8, 4) is 0 Å². The molecular weight excluding hydrogens is 421 g/mol. The molecule has 3 rings (SSSR count). The van der Waals surface area contributed by atoms with Crippen molar-refractivity contribution >= 4 is 34.1 Å². The van der Waals surface area contributed by atoms with E-state index in [9.17, 15) is 26.7 Å².